The van der Waals surface area contributed by atoms with Gasteiger partial charge in [0.1, 0.15) is 5.82 Å². The molecule has 2 rings (SSSR count). The predicted molar refractivity (Wildman–Crippen MR) is 75.3 cm³/mol. The van der Waals surface area contributed by atoms with Crippen LogP contribution in [-0.4, -0.2) is 16.5 Å². The van der Waals surface area contributed by atoms with Crippen LogP contribution >= 0.6 is 0 Å². The van der Waals surface area contributed by atoms with E-state index in [4.69, 9.17) is 0 Å². The summed E-state index contributed by atoms with van der Waals surface area (Å²) in [7, 11) is 0. The van der Waals surface area contributed by atoms with E-state index in [2.05, 4.69) is 46.6 Å². The van der Waals surface area contributed by atoms with Crippen LogP contribution in [0.1, 0.15) is 18.9 Å². The summed E-state index contributed by atoms with van der Waals surface area (Å²) in [6.07, 6.45) is 2.83. The van der Waals surface area contributed by atoms with Crippen LogP contribution in [0, 0.1) is 6.92 Å². The number of nitrogens with zero attached hydrogens (tertiary/aromatic N) is 2. The first-order valence-corrected chi connectivity index (χ1v) is 6.18. The quantitative estimate of drug-likeness (QED) is 0.844. The van der Waals surface area contributed by atoms with Crippen molar-refractivity contribution in [1.82, 2.24) is 9.97 Å². The zero-order valence-corrected chi connectivity index (χ0v) is 10.8. The number of benzene rings is 1. The van der Waals surface area contributed by atoms with Gasteiger partial charge in [0, 0.05) is 18.4 Å². The standard InChI is InChI=1S/C14H18N4/c1-3-8-15-13-7-9-16-14(18-13)17-12-6-4-5-11(2)10-12/h4-7,9-10H,3,8H2,1-2H3,(H2,15,16,17,18). The highest BCUT2D eigenvalue weighted by Crippen LogP contribution is 2.15. The molecule has 1 aromatic carbocycles. The Labute approximate surface area is 107 Å². The summed E-state index contributed by atoms with van der Waals surface area (Å²) in [5.74, 6) is 1.46. The number of hydrogen-bond donors (Lipinski definition) is 2. The molecule has 0 fully saturated rings. The minimum absolute atomic E-state index is 0.613. The Morgan fingerprint density at radius 1 is 1.22 bits per heavy atom. The maximum absolute atomic E-state index is 4.40. The van der Waals surface area contributed by atoms with E-state index in [0.717, 1.165) is 24.5 Å². The molecule has 0 saturated heterocycles. The van der Waals surface area contributed by atoms with E-state index in [1.807, 2.05) is 18.2 Å². The number of nitrogens with one attached hydrogen (secondary N) is 2. The zero-order valence-electron chi connectivity index (χ0n) is 10.8. The minimum Gasteiger partial charge on any atom is -0.370 e. The second-order valence-corrected chi connectivity index (χ2v) is 4.19. The molecule has 2 N–H and O–H groups in total. The molecule has 4 nitrogen and oxygen atoms in total. The molecular weight excluding hydrogens is 224 g/mol. The van der Waals surface area contributed by atoms with Crippen molar-refractivity contribution in [2.24, 2.45) is 0 Å². The van der Waals surface area contributed by atoms with E-state index in [-0.39, 0.29) is 0 Å². The van der Waals surface area contributed by atoms with Gasteiger partial charge < -0.3 is 10.6 Å². The van der Waals surface area contributed by atoms with Crippen molar-refractivity contribution in [3.63, 3.8) is 0 Å². The Kier molecular flexibility index (Phi) is 4.12. The van der Waals surface area contributed by atoms with Crippen molar-refractivity contribution in [3.05, 3.63) is 42.1 Å². The van der Waals surface area contributed by atoms with Gasteiger partial charge in [0.25, 0.3) is 0 Å². The molecule has 0 saturated carbocycles. The van der Waals surface area contributed by atoms with Gasteiger partial charge in [-0.3, -0.25) is 0 Å². The zero-order chi connectivity index (χ0) is 12.8. The van der Waals surface area contributed by atoms with Crippen LogP contribution in [0.2, 0.25) is 0 Å². The Morgan fingerprint density at radius 2 is 2.11 bits per heavy atom. The highest BCUT2D eigenvalue weighted by atomic mass is 15.1. The molecular formula is C14H18N4. The van der Waals surface area contributed by atoms with Gasteiger partial charge in [-0.2, -0.15) is 4.98 Å². The molecule has 18 heavy (non-hydrogen) atoms. The van der Waals surface area contributed by atoms with Gasteiger partial charge in [0.05, 0.1) is 0 Å². The van der Waals surface area contributed by atoms with Crippen LogP contribution in [-0.2, 0) is 0 Å². The van der Waals surface area contributed by atoms with E-state index >= 15 is 0 Å². The summed E-state index contributed by atoms with van der Waals surface area (Å²) in [6.45, 7) is 5.10. The van der Waals surface area contributed by atoms with E-state index in [9.17, 15) is 0 Å². The molecule has 94 valence electrons. The van der Waals surface area contributed by atoms with E-state index < -0.39 is 0 Å². The third kappa shape index (κ3) is 3.45. The van der Waals surface area contributed by atoms with Gasteiger partial charge in [-0.15, -0.1) is 0 Å². The lowest BCUT2D eigenvalue weighted by Gasteiger charge is -2.08. The van der Waals surface area contributed by atoms with E-state index in [1.165, 1.54) is 5.56 Å². The van der Waals surface area contributed by atoms with Gasteiger partial charge in [-0.05, 0) is 37.1 Å². The number of hydrogen-bond acceptors (Lipinski definition) is 4. The molecule has 2 aromatic rings. The molecule has 0 aliphatic rings. The molecule has 0 bridgehead atoms. The van der Waals surface area contributed by atoms with Crippen LogP contribution < -0.4 is 10.6 Å². The molecule has 1 heterocycles. The van der Waals surface area contributed by atoms with Crippen LogP contribution in [0.25, 0.3) is 0 Å². The molecule has 4 heteroatoms. The SMILES string of the molecule is CCCNc1ccnc(Nc2cccc(C)c2)n1. The van der Waals surface area contributed by atoms with Gasteiger partial charge >= 0.3 is 0 Å². The number of anilines is 3. The lowest BCUT2D eigenvalue weighted by Crippen LogP contribution is -2.04. The number of aromatic nitrogens is 2. The maximum atomic E-state index is 4.40. The molecule has 0 atom stereocenters. The van der Waals surface area contributed by atoms with Crippen LogP contribution in [0.4, 0.5) is 17.5 Å². The average Bonchev–Trinajstić information content (AvgIpc) is 2.37. The van der Waals surface area contributed by atoms with Crippen LogP contribution in [0.3, 0.4) is 0 Å². The molecule has 0 amide bonds. The van der Waals surface area contributed by atoms with Crippen molar-refractivity contribution in [2.75, 3.05) is 17.2 Å². The molecule has 0 unspecified atom stereocenters. The minimum atomic E-state index is 0.613. The van der Waals surface area contributed by atoms with Crippen molar-refractivity contribution < 1.29 is 0 Å². The average molecular weight is 242 g/mol. The summed E-state index contributed by atoms with van der Waals surface area (Å²) in [4.78, 5) is 8.61. The largest absolute Gasteiger partial charge is 0.370 e. The number of rotatable bonds is 5. The van der Waals surface area contributed by atoms with Crippen molar-refractivity contribution >= 4 is 17.5 Å². The lowest BCUT2D eigenvalue weighted by molar-refractivity contribution is 0.966. The second kappa shape index (κ2) is 6.00. The summed E-state index contributed by atoms with van der Waals surface area (Å²) in [5, 5.41) is 6.44. The summed E-state index contributed by atoms with van der Waals surface area (Å²) < 4.78 is 0. The highest BCUT2D eigenvalue weighted by Gasteiger charge is 1.99. The van der Waals surface area contributed by atoms with E-state index in [0.29, 0.717) is 5.95 Å². The van der Waals surface area contributed by atoms with Crippen molar-refractivity contribution in [2.45, 2.75) is 20.3 Å². The van der Waals surface area contributed by atoms with Gasteiger partial charge in [-0.1, -0.05) is 19.1 Å². The fraction of sp³-hybridized carbons (Fsp3) is 0.286. The molecule has 0 aliphatic heterocycles. The van der Waals surface area contributed by atoms with Gasteiger partial charge in [-0.25, -0.2) is 4.98 Å². The number of aryl methyl sites for hydroxylation is 1. The molecule has 0 aliphatic carbocycles. The third-order valence-electron chi connectivity index (χ3n) is 2.49. The molecule has 0 radical (unpaired) electrons. The van der Waals surface area contributed by atoms with Crippen molar-refractivity contribution in [1.29, 1.82) is 0 Å². The Hall–Kier alpha value is -2.10. The first kappa shape index (κ1) is 12.4. The smallest absolute Gasteiger partial charge is 0.229 e. The van der Waals surface area contributed by atoms with Crippen molar-refractivity contribution in [3.8, 4) is 0 Å². The summed E-state index contributed by atoms with van der Waals surface area (Å²) in [5.41, 5.74) is 2.21. The molecule has 1 aromatic heterocycles. The van der Waals surface area contributed by atoms with E-state index in [1.54, 1.807) is 6.20 Å². The van der Waals surface area contributed by atoms with Gasteiger partial charge in [0.2, 0.25) is 5.95 Å². The maximum Gasteiger partial charge on any atom is 0.229 e. The Morgan fingerprint density at radius 3 is 2.89 bits per heavy atom. The predicted octanol–water partition coefficient (Wildman–Crippen LogP) is 3.35. The fourth-order valence-corrected chi connectivity index (χ4v) is 1.62. The highest BCUT2D eigenvalue weighted by molar-refractivity contribution is 5.55. The Balaban J connectivity index is 2.09. The topological polar surface area (TPSA) is 49.8 Å². The Bertz CT molecular complexity index is 511. The monoisotopic (exact) mass is 242 g/mol. The van der Waals surface area contributed by atoms with Gasteiger partial charge in [0.15, 0.2) is 0 Å². The summed E-state index contributed by atoms with van der Waals surface area (Å²) >= 11 is 0. The fourth-order valence-electron chi connectivity index (χ4n) is 1.62. The first-order valence-electron chi connectivity index (χ1n) is 6.18. The second-order valence-electron chi connectivity index (χ2n) is 4.19. The van der Waals surface area contributed by atoms with Crippen LogP contribution in [0.15, 0.2) is 36.5 Å². The normalized spacial score (nSPS) is 10.1. The summed E-state index contributed by atoms with van der Waals surface area (Å²) in [6, 6.07) is 10.0. The lowest BCUT2D eigenvalue weighted by atomic mass is 10.2. The molecule has 0 spiro atoms. The third-order valence-corrected chi connectivity index (χ3v) is 2.49. The van der Waals surface area contributed by atoms with Crippen LogP contribution in [0.5, 0.6) is 0 Å². The first-order chi connectivity index (χ1) is 8.78.